The van der Waals surface area contributed by atoms with Gasteiger partial charge in [-0.1, -0.05) is 13.0 Å². The van der Waals surface area contributed by atoms with E-state index in [-0.39, 0.29) is 24.0 Å². The van der Waals surface area contributed by atoms with Crippen LogP contribution in [0, 0.1) is 5.92 Å². The first-order valence-electron chi connectivity index (χ1n) is 9.61. The molecule has 0 radical (unpaired) electrons. The SMILES string of the molecule is CCNC(=NCc1ccc(OC)c(OC)c1)NCCN1CCC(C)CC1.I. The smallest absolute Gasteiger partial charge is 0.191 e. The van der Waals surface area contributed by atoms with Crippen molar-refractivity contribution in [2.45, 2.75) is 33.2 Å². The summed E-state index contributed by atoms with van der Waals surface area (Å²) in [5, 5.41) is 6.76. The molecule has 7 heteroatoms. The Morgan fingerprint density at radius 3 is 2.48 bits per heavy atom. The summed E-state index contributed by atoms with van der Waals surface area (Å²) >= 11 is 0. The van der Waals surface area contributed by atoms with Gasteiger partial charge in [-0.3, -0.25) is 0 Å². The molecule has 1 aliphatic heterocycles. The number of hydrogen-bond acceptors (Lipinski definition) is 4. The summed E-state index contributed by atoms with van der Waals surface area (Å²) in [6.07, 6.45) is 2.63. The maximum absolute atomic E-state index is 5.36. The first-order valence-corrected chi connectivity index (χ1v) is 9.61. The van der Waals surface area contributed by atoms with Crippen LogP contribution < -0.4 is 20.1 Å². The molecule has 27 heavy (non-hydrogen) atoms. The van der Waals surface area contributed by atoms with Crippen molar-refractivity contribution < 1.29 is 9.47 Å². The van der Waals surface area contributed by atoms with Gasteiger partial charge in [-0.05, 0) is 56.5 Å². The second-order valence-corrected chi connectivity index (χ2v) is 6.84. The number of benzene rings is 1. The van der Waals surface area contributed by atoms with Gasteiger partial charge in [-0.15, -0.1) is 24.0 Å². The van der Waals surface area contributed by atoms with Crippen LogP contribution in [-0.4, -0.2) is 57.8 Å². The van der Waals surface area contributed by atoms with Gasteiger partial charge in [-0.2, -0.15) is 0 Å². The van der Waals surface area contributed by atoms with E-state index >= 15 is 0 Å². The Balaban J connectivity index is 0.00000364. The van der Waals surface area contributed by atoms with Gasteiger partial charge >= 0.3 is 0 Å². The fourth-order valence-electron chi connectivity index (χ4n) is 3.11. The Hall–Kier alpha value is -1.22. The summed E-state index contributed by atoms with van der Waals surface area (Å²) in [7, 11) is 3.30. The second kappa shape index (κ2) is 13.0. The molecule has 0 aliphatic carbocycles. The number of guanidine groups is 1. The lowest BCUT2D eigenvalue weighted by molar-refractivity contribution is 0.195. The summed E-state index contributed by atoms with van der Waals surface area (Å²) in [5.74, 6) is 3.20. The molecule has 1 fully saturated rings. The third-order valence-electron chi connectivity index (χ3n) is 4.81. The number of nitrogens with one attached hydrogen (secondary N) is 2. The quantitative estimate of drug-likeness (QED) is 0.333. The molecule has 154 valence electrons. The average Bonchev–Trinajstić information content (AvgIpc) is 2.67. The summed E-state index contributed by atoms with van der Waals surface area (Å²) in [6.45, 7) is 10.3. The highest BCUT2D eigenvalue weighted by molar-refractivity contribution is 14.0. The van der Waals surface area contributed by atoms with E-state index in [1.165, 1.54) is 25.9 Å². The molecule has 0 unspecified atom stereocenters. The van der Waals surface area contributed by atoms with Crippen molar-refractivity contribution in [2.75, 3.05) is 46.9 Å². The molecular formula is C20H35IN4O2. The molecule has 0 spiro atoms. The molecule has 1 aliphatic rings. The predicted molar refractivity (Wildman–Crippen MR) is 123 cm³/mol. The number of ether oxygens (including phenoxy) is 2. The maximum Gasteiger partial charge on any atom is 0.191 e. The number of aliphatic imine (C=N–C) groups is 1. The third kappa shape index (κ3) is 8.13. The molecule has 2 N–H and O–H groups in total. The van der Waals surface area contributed by atoms with Gasteiger partial charge in [0.2, 0.25) is 0 Å². The highest BCUT2D eigenvalue weighted by Crippen LogP contribution is 2.27. The van der Waals surface area contributed by atoms with Gasteiger partial charge in [0, 0.05) is 19.6 Å². The molecule has 2 rings (SSSR count). The van der Waals surface area contributed by atoms with Crippen LogP contribution in [0.25, 0.3) is 0 Å². The number of hydrogen-bond donors (Lipinski definition) is 2. The van der Waals surface area contributed by atoms with E-state index in [1.807, 2.05) is 18.2 Å². The number of nitrogens with zero attached hydrogens (tertiary/aromatic N) is 2. The van der Waals surface area contributed by atoms with Crippen LogP contribution in [0.2, 0.25) is 0 Å². The molecule has 0 saturated carbocycles. The molecule has 1 aromatic carbocycles. The predicted octanol–water partition coefficient (Wildman–Crippen LogP) is 3.11. The Bertz CT molecular complexity index is 575. The number of rotatable bonds is 8. The van der Waals surface area contributed by atoms with Crippen molar-refractivity contribution >= 4 is 29.9 Å². The maximum atomic E-state index is 5.36. The van der Waals surface area contributed by atoms with Gasteiger partial charge in [-0.25, -0.2) is 4.99 Å². The monoisotopic (exact) mass is 490 g/mol. The van der Waals surface area contributed by atoms with Crippen molar-refractivity contribution in [1.82, 2.24) is 15.5 Å². The minimum absolute atomic E-state index is 0. The summed E-state index contributed by atoms with van der Waals surface area (Å²) in [4.78, 5) is 7.22. The van der Waals surface area contributed by atoms with Crippen molar-refractivity contribution in [3.8, 4) is 11.5 Å². The number of methoxy groups -OCH3 is 2. The molecule has 1 heterocycles. The van der Waals surface area contributed by atoms with Gasteiger partial charge in [0.25, 0.3) is 0 Å². The van der Waals surface area contributed by atoms with E-state index in [0.717, 1.165) is 48.6 Å². The Labute approximate surface area is 181 Å². The normalized spacial score (nSPS) is 15.8. The number of halogens is 1. The minimum atomic E-state index is 0. The van der Waals surface area contributed by atoms with E-state index in [0.29, 0.717) is 6.54 Å². The van der Waals surface area contributed by atoms with Gasteiger partial charge in [0.05, 0.1) is 20.8 Å². The third-order valence-corrected chi connectivity index (χ3v) is 4.81. The summed E-state index contributed by atoms with van der Waals surface area (Å²) in [6, 6.07) is 5.91. The van der Waals surface area contributed by atoms with Crippen molar-refractivity contribution in [2.24, 2.45) is 10.9 Å². The van der Waals surface area contributed by atoms with Crippen LogP contribution in [0.15, 0.2) is 23.2 Å². The molecule has 0 aromatic heterocycles. The fraction of sp³-hybridized carbons (Fsp3) is 0.650. The summed E-state index contributed by atoms with van der Waals surface area (Å²) in [5.41, 5.74) is 1.09. The minimum Gasteiger partial charge on any atom is -0.493 e. The first kappa shape index (κ1) is 23.8. The van der Waals surface area contributed by atoms with Crippen LogP contribution in [-0.2, 0) is 6.54 Å². The Morgan fingerprint density at radius 2 is 1.85 bits per heavy atom. The largest absolute Gasteiger partial charge is 0.493 e. The molecule has 6 nitrogen and oxygen atoms in total. The van der Waals surface area contributed by atoms with Crippen LogP contribution in [0.5, 0.6) is 11.5 Å². The zero-order valence-electron chi connectivity index (χ0n) is 17.1. The van der Waals surface area contributed by atoms with Crippen molar-refractivity contribution in [1.29, 1.82) is 0 Å². The molecular weight excluding hydrogens is 455 g/mol. The number of likely N-dealkylation sites (tertiary alicyclic amines) is 1. The van der Waals surface area contributed by atoms with Crippen LogP contribution >= 0.6 is 24.0 Å². The molecule has 0 atom stereocenters. The lowest BCUT2D eigenvalue weighted by atomic mass is 9.99. The average molecular weight is 490 g/mol. The van der Waals surface area contributed by atoms with E-state index in [2.05, 4.69) is 34.4 Å². The molecule has 0 bridgehead atoms. The fourth-order valence-corrected chi connectivity index (χ4v) is 3.11. The zero-order chi connectivity index (χ0) is 18.8. The standard InChI is InChI=1S/C20H34N4O2.HI/c1-5-21-20(22-10-13-24-11-8-16(2)9-12-24)23-15-17-6-7-18(25-3)19(14-17)26-4;/h6-7,14,16H,5,8-13,15H2,1-4H3,(H2,21,22,23);1H. The van der Waals surface area contributed by atoms with E-state index in [4.69, 9.17) is 9.47 Å². The Morgan fingerprint density at radius 1 is 1.15 bits per heavy atom. The number of piperidine rings is 1. The highest BCUT2D eigenvalue weighted by Gasteiger charge is 2.14. The van der Waals surface area contributed by atoms with Gasteiger partial charge < -0.3 is 25.0 Å². The van der Waals surface area contributed by atoms with E-state index in [9.17, 15) is 0 Å². The van der Waals surface area contributed by atoms with Crippen LogP contribution in [0.1, 0.15) is 32.3 Å². The lowest BCUT2D eigenvalue weighted by Gasteiger charge is -2.30. The topological polar surface area (TPSA) is 58.1 Å². The highest BCUT2D eigenvalue weighted by atomic mass is 127. The van der Waals surface area contributed by atoms with E-state index in [1.54, 1.807) is 14.2 Å². The zero-order valence-corrected chi connectivity index (χ0v) is 19.4. The Kier molecular flexibility index (Phi) is 11.5. The van der Waals surface area contributed by atoms with Gasteiger partial charge in [0.15, 0.2) is 17.5 Å². The molecule has 0 amide bonds. The summed E-state index contributed by atoms with van der Waals surface area (Å²) < 4.78 is 10.6. The van der Waals surface area contributed by atoms with E-state index < -0.39 is 0 Å². The van der Waals surface area contributed by atoms with Crippen LogP contribution in [0.3, 0.4) is 0 Å². The first-order chi connectivity index (χ1) is 12.7. The van der Waals surface area contributed by atoms with Crippen molar-refractivity contribution in [3.05, 3.63) is 23.8 Å². The van der Waals surface area contributed by atoms with Gasteiger partial charge in [0.1, 0.15) is 0 Å². The second-order valence-electron chi connectivity index (χ2n) is 6.84. The lowest BCUT2D eigenvalue weighted by Crippen LogP contribution is -2.43. The van der Waals surface area contributed by atoms with Crippen LogP contribution in [0.4, 0.5) is 0 Å². The molecule has 1 saturated heterocycles. The molecule has 1 aromatic rings. The van der Waals surface area contributed by atoms with Crippen molar-refractivity contribution in [3.63, 3.8) is 0 Å².